The highest BCUT2D eigenvalue weighted by atomic mass is 16.5. The molecular weight excluding hydrogens is 382 g/mol. The number of aryl methyl sites for hydroxylation is 1. The summed E-state index contributed by atoms with van der Waals surface area (Å²) >= 11 is 0. The number of rotatable bonds is 8. The number of aliphatic hydroxyl groups excluding tert-OH is 1. The summed E-state index contributed by atoms with van der Waals surface area (Å²) in [5, 5.41) is 30.1. The number of aliphatic hydroxyl groups is 1. The first-order valence-electron chi connectivity index (χ1n) is 10.3. The lowest BCUT2D eigenvalue weighted by atomic mass is 9.95. The Kier molecular flexibility index (Phi) is 6.95. The highest BCUT2D eigenvalue weighted by Gasteiger charge is 2.24. The molecule has 0 heterocycles. The van der Waals surface area contributed by atoms with E-state index in [4.69, 9.17) is 15.9 Å². The minimum Gasteiger partial charge on any atom is -0.490 e. The molecule has 0 saturated heterocycles. The molecule has 1 fully saturated rings. The van der Waals surface area contributed by atoms with Crippen LogP contribution in [0.3, 0.4) is 0 Å². The van der Waals surface area contributed by atoms with Crippen LogP contribution < -0.4 is 15.8 Å². The molecule has 0 spiro atoms. The van der Waals surface area contributed by atoms with Crippen molar-refractivity contribution in [3.05, 3.63) is 59.2 Å². The molecule has 0 bridgehead atoms. The standard InChI is InChI=1S/C23H29N3O4/c1-2-14-11-16(13-20(12-14)30-19-9-7-18(27)8-10-19)21(23(28)29)26-17-5-3-15(4-6-17)22(24)25/h3-6,11-13,18-19,21,26-27H,2,7-10H2,1H3,(H3,24,25)(H,28,29). The third-order valence-electron chi connectivity index (χ3n) is 5.43. The number of hydrogen-bond acceptors (Lipinski definition) is 5. The van der Waals surface area contributed by atoms with Crippen molar-refractivity contribution in [1.29, 1.82) is 5.41 Å². The summed E-state index contributed by atoms with van der Waals surface area (Å²) in [6.07, 6.45) is 3.56. The number of carboxylic acids is 1. The van der Waals surface area contributed by atoms with Crippen molar-refractivity contribution in [2.75, 3.05) is 5.32 Å². The van der Waals surface area contributed by atoms with Crippen LogP contribution in [0.1, 0.15) is 55.3 Å². The van der Waals surface area contributed by atoms with E-state index in [0.29, 0.717) is 22.6 Å². The second kappa shape index (κ2) is 9.63. The Bertz CT molecular complexity index is 890. The number of nitrogens with one attached hydrogen (secondary N) is 2. The quantitative estimate of drug-likeness (QED) is 0.334. The van der Waals surface area contributed by atoms with Gasteiger partial charge in [0.05, 0.1) is 12.2 Å². The maximum Gasteiger partial charge on any atom is 0.330 e. The van der Waals surface area contributed by atoms with Crippen LogP contribution in [-0.2, 0) is 11.2 Å². The predicted octanol–water partition coefficient (Wildman–Crippen LogP) is 3.45. The number of hydrogen-bond donors (Lipinski definition) is 5. The molecule has 30 heavy (non-hydrogen) atoms. The van der Waals surface area contributed by atoms with Gasteiger partial charge in [-0.05, 0) is 79.6 Å². The van der Waals surface area contributed by atoms with Crippen LogP contribution in [-0.4, -0.2) is 34.2 Å². The van der Waals surface area contributed by atoms with Gasteiger partial charge in [0.15, 0.2) is 6.04 Å². The molecule has 0 aliphatic heterocycles. The third kappa shape index (κ3) is 5.51. The molecule has 2 aromatic rings. The number of nitrogens with two attached hydrogens (primary N) is 1. The van der Waals surface area contributed by atoms with E-state index in [1.54, 1.807) is 30.3 Å². The van der Waals surface area contributed by atoms with E-state index in [9.17, 15) is 15.0 Å². The van der Waals surface area contributed by atoms with Crippen molar-refractivity contribution in [1.82, 2.24) is 0 Å². The Labute approximate surface area is 176 Å². The van der Waals surface area contributed by atoms with E-state index in [2.05, 4.69) is 5.32 Å². The highest BCUT2D eigenvalue weighted by Crippen LogP contribution is 2.29. The lowest BCUT2D eigenvalue weighted by Gasteiger charge is -2.27. The van der Waals surface area contributed by atoms with Gasteiger partial charge in [-0.25, -0.2) is 4.79 Å². The second-order valence-corrected chi connectivity index (χ2v) is 7.72. The lowest BCUT2D eigenvalue weighted by Crippen LogP contribution is -2.26. The molecular formula is C23H29N3O4. The molecule has 1 aliphatic carbocycles. The van der Waals surface area contributed by atoms with Crippen LogP contribution in [0.2, 0.25) is 0 Å². The van der Waals surface area contributed by atoms with Crippen molar-refractivity contribution in [2.45, 2.75) is 57.3 Å². The van der Waals surface area contributed by atoms with Crippen molar-refractivity contribution < 1.29 is 19.7 Å². The van der Waals surface area contributed by atoms with Gasteiger partial charge >= 0.3 is 5.97 Å². The Hall–Kier alpha value is -3.06. The first-order valence-corrected chi connectivity index (χ1v) is 10.3. The lowest BCUT2D eigenvalue weighted by molar-refractivity contribution is -0.138. The molecule has 1 unspecified atom stereocenters. The molecule has 2 aromatic carbocycles. The van der Waals surface area contributed by atoms with Crippen molar-refractivity contribution in [3.63, 3.8) is 0 Å². The Balaban J connectivity index is 1.82. The fourth-order valence-electron chi connectivity index (χ4n) is 3.68. The number of aliphatic carboxylic acids is 1. The van der Waals surface area contributed by atoms with Gasteiger partial charge < -0.3 is 26.0 Å². The number of benzene rings is 2. The predicted molar refractivity (Wildman–Crippen MR) is 116 cm³/mol. The summed E-state index contributed by atoms with van der Waals surface area (Å²) in [7, 11) is 0. The van der Waals surface area contributed by atoms with Crippen molar-refractivity contribution in [3.8, 4) is 5.75 Å². The molecule has 160 valence electrons. The molecule has 3 rings (SSSR count). The Morgan fingerprint density at radius 1 is 1.20 bits per heavy atom. The average molecular weight is 412 g/mol. The Morgan fingerprint density at radius 2 is 1.87 bits per heavy atom. The maximum atomic E-state index is 12.0. The summed E-state index contributed by atoms with van der Waals surface area (Å²) in [5.41, 5.74) is 8.29. The van der Waals surface area contributed by atoms with Crippen LogP contribution >= 0.6 is 0 Å². The maximum absolute atomic E-state index is 12.0. The monoisotopic (exact) mass is 411 g/mol. The van der Waals surface area contributed by atoms with Crippen LogP contribution in [0.5, 0.6) is 5.75 Å². The largest absolute Gasteiger partial charge is 0.490 e. The van der Waals surface area contributed by atoms with E-state index >= 15 is 0 Å². The van der Waals surface area contributed by atoms with Gasteiger partial charge in [-0.3, -0.25) is 5.41 Å². The summed E-state index contributed by atoms with van der Waals surface area (Å²) in [4.78, 5) is 12.0. The normalized spacial score (nSPS) is 19.7. The summed E-state index contributed by atoms with van der Waals surface area (Å²) in [6, 6.07) is 11.4. The number of amidine groups is 1. The fourth-order valence-corrected chi connectivity index (χ4v) is 3.68. The van der Waals surface area contributed by atoms with Gasteiger partial charge in [0.2, 0.25) is 0 Å². The molecule has 0 radical (unpaired) electrons. The van der Waals surface area contributed by atoms with Crippen LogP contribution in [0.15, 0.2) is 42.5 Å². The highest BCUT2D eigenvalue weighted by molar-refractivity contribution is 5.95. The van der Waals surface area contributed by atoms with Gasteiger partial charge in [-0.15, -0.1) is 0 Å². The van der Waals surface area contributed by atoms with E-state index in [0.717, 1.165) is 37.7 Å². The molecule has 1 aliphatic rings. The van der Waals surface area contributed by atoms with Crippen LogP contribution in [0.25, 0.3) is 0 Å². The number of anilines is 1. The fraction of sp³-hybridized carbons (Fsp3) is 0.391. The SMILES string of the molecule is CCc1cc(OC2CCC(O)CC2)cc(C(Nc2ccc(C(=N)N)cc2)C(=O)O)c1. The molecule has 7 heteroatoms. The minimum absolute atomic E-state index is 0.0312. The zero-order valence-corrected chi connectivity index (χ0v) is 17.1. The molecule has 0 amide bonds. The van der Waals surface area contributed by atoms with E-state index < -0.39 is 12.0 Å². The smallest absolute Gasteiger partial charge is 0.330 e. The molecule has 7 nitrogen and oxygen atoms in total. The summed E-state index contributed by atoms with van der Waals surface area (Å²) in [6.45, 7) is 2.02. The number of carbonyl (C=O) groups is 1. The zero-order valence-electron chi connectivity index (χ0n) is 17.1. The van der Waals surface area contributed by atoms with E-state index in [1.807, 2.05) is 19.1 Å². The Morgan fingerprint density at radius 3 is 2.43 bits per heavy atom. The summed E-state index contributed by atoms with van der Waals surface area (Å²) < 4.78 is 6.14. The van der Waals surface area contributed by atoms with E-state index in [1.165, 1.54) is 0 Å². The van der Waals surface area contributed by atoms with Crippen LogP contribution in [0.4, 0.5) is 5.69 Å². The van der Waals surface area contributed by atoms with Crippen molar-refractivity contribution >= 4 is 17.5 Å². The van der Waals surface area contributed by atoms with Gasteiger partial charge in [-0.1, -0.05) is 13.0 Å². The minimum atomic E-state index is -0.995. The second-order valence-electron chi connectivity index (χ2n) is 7.72. The average Bonchev–Trinajstić information content (AvgIpc) is 2.73. The third-order valence-corrected chi connectivity index (χ3v) is 5.43. The number of nitrogen functional groups attached to an aromatic ring is 1. The number of ether oxygens (including phenoxy) is 1. The van der Waals surface area contributed by atoms with Gasteiger partial charge in [-0.2, -0.15) is 0 Å². The topological polar surface area (TPSA) is 129 Å². The van der Waals surface area contributed by atoms with Crippen molar-refractivity contribution in [2.24, 2.45) is 5.73 Å². The van der Waals surface area contributed by atoms with Gasteiger partial charge in [0.1, 0.15) is 11.6 Å². The van der Waals surface area contributed by atoms with Crippen LogP contribution in [0, 0.1) is 5.41 Å². The molecule has 1 atom stereocenters. The molecule has 1 saturated carbocycles. The first kappa shape index (κ1) is 21.6. The number of carboxylic acid groups (broad SMARTS) is 1. The molecule has 0 aromatic heterocycles. The van der Waals surface area contributed by atoms with Gasteiger partial charge in [0, 0.05) is 11.3 Å². The first-order chi connectivity index (χ1) is 14.4. The zero-order chi connectivity index (χ0) is 21.7. The van der Waals surface area contributed by atoms with Gasteiger partial charge in [0.25, 0.3) is 0 Å². The molecule has 6 N–H and O–H groups in total. The van der Waals surface area contributed by atoms with E-state index in [-0.39, 0.29) is 18.0 Å². The summed E-state index contributed by atoms with van der Waals surface area (Å²) in [5.74, 6) is -0.375.